The molecule has 0 aliphatic heterocycles. The molecule has 0 bridgehead atoms. The second kappa shape index (κ2) is 9.61. The number of aromatic nitrogens is 3. The van der Waals surface area contributed by atoms with Crippen molar-refractivity contribution >= 4 is 33.4 Å². The number of hydrogen-bond acceptors (Lipinski definition) is 7. The molecule has 0 aliphatic rings. The van der Waals surface area contributed by atoms with E-state index < -0.39 is 10.0 Å². The molecule has 0 aliphatic carbocycles. The molecule has 170 valence electrons. The van der Waals surface area contributed by atoms with Crippen LogP contribution in [0.4, 0.5) is 5.69 Å². The van der Waals surface area contributed by atoms with Gasteiger partial charge >= 0.3 is 0 Å². The van der Waals surface area contributed by atoms with Crippen LogP contribution >= 0.6 is 11.8 Å². The molecule has 11 heteroatoms. The number of hydrogen-bond donors (Lipinski definition) is 2. The highest BCUT2D eigenvalue weighted by molar-refractivity contribution is 7.99. The van der Waals surface area contributed by atoms with Gasteiger partial charge in [-0.15, -0.1) is 10.2 Å². The zero-order chi connectivity index (χ0) is 23.4. The van der Waals surface area contributed by atoms with Crippen LogP contribution in [0.3, 0.4) is 0 Å². The monoisotopic (exact) mass is 483 g/mol. The van der Waals surface area contributed by atoms with Crippen molar-refractivity contribution in [1.82, 2.24) is 14.8 Å². The van der Waals surface area contributed by atoms with Crippen LogP contribution in [0.15, 0.2) is 81.4 Å². The number of thioether (sulfide) groups is 1. The number of aryl methyl sites for hydroxylation is 1. The summed E-state index contributed by atoms with van der Waals surface area (Å²) in [6, 6.07) is 17.3. The van der Waals surface area contributed by atoms with Crippen LogP contribution in [0.1, 0.15) is 11.3 Å². The summed E-state index contributed by atoms with van der Waals surface area (Å²) in [4.78, 5) is 12.4. The van der Waals surface area contributed by atoms with E-state index in [9.17, 15) is 13.2 Å². The molecule has 0 unspecified atom stereocenters. The zero-order valence-electron chi connectivity index (χ0n) is 17.6. The molecule has 1 amide bonds. The number of nitrogens with one attached hydrogen (secondary N) is 1. The molecule has 4 aromatic rings. The predicted molar refractivity (Wildman–Crippen MR) is 125 cm³/mol. The van der Waals surface area contributed by atoms with Crippen LogP contribution in [-0.4, -0.2) is 34.8 Å². The fourth-order valence-electron chi connectivity index (χ4n) is 3.07. The normalized spacial score (nSPS) is 11.5. The average molecular weight is 484 g/mol. The Morgan fingerprint density at radius 3 is 2.45 bits per heavy atom. The Balaban J connectivity index is 1.49. The molecular weight excluding hydrogens is 462 g/mol. The van der Waals surface area contributed by atoms with Crippen molar-refractivity contribution in [2.75, 3.05) is 11.1 Å². The van der Waals surface area contributed by atoms with Gasteiger partial charge in [0.1, 0.15) is 5.76 Å². The topological polar surface area (TPSA) is 133 Å². The Labute approximate surface area is 195 Å². The maximum absolute atomic E-state index is 12.5. The lowest BCUT2D eigenvalue weighted by molar-refractivity contribution is -0.113. The highest BCUT2D eigenvalue weighted by Gasteiger charge is 2.17. The second-order valence-corrected chi connectivity index (χ2v) is 9.75. The van der Waals surface area contributed by atoms with Gasteiger partial charge in [0.15, 0.2) is 11.0 Å². The quantitative estimate of drug-likeness (QED) is 0.367. The molecule has 0 saturated heterocycles. The van der Waals surface area contributed by atoms with Crippen molar-refractivity contribution in [3.05, 3.63) is 78.3 Å². The van der Waals surface area contributed by atoms with E-state index in [2.05, 4.69) is 15.5 Å². The summed E-state index contributed by atoms with van der Waals surface area (Å²) in [7, 11) is -3.79. The fourth-order valence-corrected chi connectivity index (χ4v) is 4.32. The van der Waals surface area contributed by atoms with Gasteiger partial charge in [0.2, 0.25) is 15.9 Å². The van der Waals surface area contributed by atoms with Gasteiger partial charge in [-0.25, -0.2) is 13.6 Å². The molecule has 0 saturated carbocycles. The Hall–Kier alpha value is -3.41. The molecular formula is C22H21N5O4S2. The number of carbonyl (C=O) groups is 1. The van der Waals surface area contributed by atoms with Gasteiger partial charge in [0.05, 0.1) is 23.5 Å². The first-order valence-corrected chi connectivity index (χ1v) is 12.4. The summed E-state index contributed by atoms with van der Waals surface area (Å²) in [5.41, 5.74) is 2.51. The van der Waals surface area contributed by atoms with Crippen LogP contribution in [0.5, 0.6) is 0 Å². The van der Waals surface area contributed by atoms with Crippen LogP contribution in [0.2, 0.25) is 0 Å². The van der Waals surface area contributed by atoms with E-state index in [1.807, 2.05) is 47.9 Å². The minimum Gasteiger partial charge on any atom is -0.467 e. The molecule has 0 fully saturated rings. The molecule has 3 N–H and O–H groups in total. The zero-order valence-corrected chi connectivity index (χ0v) is 19.3. The number of rotatable bonds is 8. The third kappa shape index (κ3) is 5.69. The van der Waals surface area contributed by atoms with Gasteiger partial charge in [-0.2, -0.15) is 0 Å². The number of nitrogens with two attached hydrogens (primary N) is 1. The first-order chi connectivity index (χ1) is 15.8. The number of anilines is 1. The molecule has 33 heavy (non-hydrogen) atoms. The SMILES string of the molecule is Cc1ccc(-c2nnc(SCC(=O)Nc3ccc(S(N)(=O)=O)cc3)n2Cc2ccco2)cc1. The van der Waals surface area contributed by atoms with Crippen molar-refractivity contribution < 1.29 is 17.6 Å². The molecule has 0 atom stereocenters. The van der Waals surface area contributed by atoms with Gasteiger partial charge in [0, 0.05) is 11.3 Å². The summed E-state index contributed by atoms with van der Waals surface area (Å²) in [5, 5.41) is 17.0. The third-order valence-electron chi connectivity index (χ3n) is 4.72. The highest BCUT2D eigenvalue weighted by atomic mass is 32.2. The van der Waals surface area contributed by atoms with Gasteiger partial charge in [-0.05, 0) is 43.3 Å². The lowest BCUT2D eigenvalue weighted by Crippen LogP contribution is -2.15. The second-order valence-electron chi connectivity index (χ2n) is 7.24. The minimum absolute atomic E-state index is 0.0236. The van der Waals surface area contributed by atoms with Crippen molar-refractivity contribution in [3.63, 3.8) is 0 Å². The van der Waals surface area contributed by atoms with Crippen molar-refractivity contribution in [1.29, 1.82) is 0 Å². The lowest BCUT2D eigenvalue weighted by atomic mass is 10.1. The van der Waals surface area contributed by atoms with Crippen molar-refractivity contribution in [2.45, 2.75) is 23.5 Å². The van der Waals surface area contributed by atoms with Crippen molar-refractivity contribution in [2.24, 2.45) is 5.14 Å². The largest absolute Gasteiger partial charge is 0.467 e. The Kier molecular flexibility index (Phi) is 6.63. The molecule has 2 aromatic carbocycles. The Morgan fingerprint density at radius 1 is 1.09 bits per heavy atom. The Morgan fingerprint density at radius 2 is 1.82 bits per heavy atom. The van der Waals surface area contributed by atoms with E-state index in [0.29, 0.717) is 23.2 Å². The predicted octanol–water partition coefficient (Wildman–Crippen LogP) is 3.27. The number of sulfonamides is 1. The number of amides is 1. The van der Waals surface area contributed by atoms with E-state index in [4.69, 9.17) is 9.56 Å². The van der Waals surface area contributed by atoms with Crippen molar-refractivity contribution in [3.8, 4) is 11.4 Å². The van der Waals surface area contributed by atoms with Gasteiger partial charge < -0.3 is 9.73 Å². The summed E-state index contributed by atoms with van der Waals surface area (Å²) in [6.07, 6.45) is 1.60. The third-order valence-corrected chi connectivity index (χ3v) is 6.62. The summed E-state index contributed by atoms with van der Waals surface area (Å²) < 4.78 is 30.1. The Bertz CT molecular complexity index is 1350. The van der Waals surface area contributed by atoms with Gasteiger partial charge in [0.25, 0.3) is 0 Å². The number of primary sulfonamides is 1. The van der Waals surface area contributed by atoms with Crippen LogP contribution < -0.4 is 10.5 Å². The van der Waals surface area contributed by atoms with Gasteiger partial charge in [-0.3, -0.25) is 9.36 Å². The first-order valence-electron chi connectivity index (χ1n) is 9.88. The molecule has 2 heterocycles. The molecule has 9 nitrogen and oxygen atoms in total. The van der Waals surface area contributed by atoms with E-state index in [1.54, 1.807) is 6.26 Å². The smallest absolute Gasteiger partial charge is 0.238 e. The van der Waals surface area contributed by atoms with Crippen LogP contribution in [0.25, 0.3) is 11.4 Å². The molecule has 0 spiro atoms. The van der Waals surface area contributed by atoms with Gasteiger partial charge in [-0.1, -0.05) is 41.6 Å². The van der Waals surface area contributed by atoms with E-state index >= 15 is 0 Å². The number of carbonyl (C=O) groups excluding carboxylic acids is 1. The van der Waals surface area contributed by atoms with Crippen LogP contribution in [-0.2, 0) is 21.4 Å². The summed E-state index contributed by atoms with van der Waals surface area (Å²) in [5.74, 6) is 1.23. The fraction of sp³-hybridized carbons (Fsp3) is 0.136. The average Bonchev–Trinajstić information content (AvgIpc) is 3.43. The molecule has 0 radical (unpaired) electrons. The minimum atomic E-state index is -3.79. The summed E-state index contributed by atoms with van der Waals surface area (Å²) >= 11 is 1.24. The van der Waals surface area contributed by atoms with E-state index in [-0.39, 0.29) is 16.6 Å². The highest BCUT2D eigenvalue weighted by Crippen LogP contribution is 2.26. The lowest BCUT2D eigenvalue weighted by Gasteiger charge is -2.09. The summed E-state index contributed by atoms with van der Waals surface area (Å²) in [6.45, 7) is 2.43. The number of furan rings is 1. The first kappa shape index (κ1) is 22.8. The standard InChI is InChI=1S/C22H21N5O4S2/c1-15-4-6-16(7-5-15)21-25-26-22(27(21)13-18-3-2-12-31-18)32-14-20(28)24-17-8-10-19(11-9-17)33(23,29)30/h2-12H,13-14H2,1H3,(H,24,28)(H2,23,29,30). The maximum Gasteiger partial charge on any atom is 0.238 e. The molecule has 4 rings (SSSR count). The number of benzene rings is 2. The number of nitrogens with zero attached hydrogens (tertiary/aromatic N) is 3. The maximum atomic E-state index is 12.5. The van der Waals surface area contributed by atoms with E-state index in [1.165, 1.54) is 36.0 Å². The van der Waals surface area contributed by atoms with E-state index in [0.717, 1.165) is 16.9 Å². The van der Waals surface area contributed by atoms with Crippen LogP contribution in [0, 0.1) is 6.92 Å². The molecule has 2 aromatic heterocycles.